The minimum atomic E-state index is -0.768. The van der Waals surface area contributed by atoms with E-state index in [9.17, 15) is 19.2 Å². The Morgan fingerprint density at radius 1 is 0.667 bits per heavy atom. The second-order valence-electron chi connectivity index (χ2n) is 10.8. The lowest BCUT2D eigenvalue weighted by Gasteiger charge is -2.19. The third-order valence-corrected chi connectivity index (χ3v) is 6.38. The van der Waals surface area contributed by atoms with E-state index in [2.05, 4.69) is 35.1 Å². The molecule has 4 amide bonds. The van der Waals surface area contributed by atoms with Crippen LogP contribution in [0, 0.1) is 10.8 Å². The quantitative estimate of drug-likeness (QED) is 0.0474. The van der Waals surface area contributed by atoms with E-state index < -0.39 is 11.9 Å². The number of carbonyl (C=O) groups is 4. The molecule has 51 heavy (non-hydrogen) atoms. The summed E-state index contributed by atoms with van der Waals surface area (Å²) in [5, 5.41) is 24.9. The molecule has 0 aliphatic rings. The van der Waals surface area contributed by atoms with Crippen molar-refractivity contribution >= 4 is 35.3 Å². The van der Waals surface area contributed by atoms with Gasteiger partial charge in [0.25, 0.3) is 0 Å². The van der Waals surface area contributed by atoms with Crippen molar-refractivity contribution in [3.63, 3.8) is 0 Å². The number of unbranched alkanes of at least 4 members (excludes halogenated alkanes) is 3. The van der Waals surface area contributed by atoms with Crippen LogP contribution in [0.5, 0.6) is 0 Å². The highest BCUT2D eigenvalue weighted by Gasteiger charge is 2.20. The molecule has 296 valence electrons. The number of nitrogens with two attached hydrogens (primary N) is 5. The minimum Gasteiger partial charge on any atom is -0.388 e. The third kappa shape index (κ3) is 37.0. The Labute approximate surface area is 307 Å². The molecule has 1 rings (SSSR count). The Morgan fingerprint density at radius 3 is 1.69 bits per heavy atom. The third-order valence-electron chi connectivity index (χ3n) is 6.38. The number of hydrogen-bond donors (Lipinski definition) is 11. The van der Waals surface area contributed by atoms with E-state index in [-0.39, 0.29) is 49.5 Å². The maximum atomic E-state index is 12.5. The number of benzene rings is 1. The fraction of sp³-hybridized carbons (Fsp3) is 0.667. The molecule has 0 spiro atoms. The zero-order valence-electron chi connectivity index (χ0n) is 32.4. The Hall–Kier alpha value is -4.08. The van der Waals surface area contributed by atoms with Crippen LogP contribution in [-0.4, -0.2) is 80.6 Å². The molecule has 15 nitrogen and oxygen atoms in total. The molecule has 0 radical (unpaired) electrons. The lowest BCUT2D eigenvalue weighted by molar-refractivity contribution is -0.129. The van der Waals surface area contributed by atoms with Gasteiger partial charge in [0.05, 0.1) is 18.8 Å². The van der Waals surface area contributed by atoms with Crippen LogP contribution in [0.2, 0.25) is 0 Å². The van der Waals surface area contributed by atoms with E-state index in [1.54, 1.807) is 24.3 Å². The maximum absolute atomic E-state index is 12.5. The molecule has 15 heteroatoms. The Kier molecular flexibility index (Phi) is 42.5. The standard InChI is InChI=1S/C23H38N8O4.C5H12N2.C4H11N.2C2H6/c24-10-3-13-29-23(35)18(4-1-2-12-28-19(32)9-11-25)31-21(34)15-30-20(33)14-16-5-7-17(8-6-16)22(26)27;1-2-3-4-5(6)7;1-2-3-4-5;2*1-2/h5-8,18H,1-4,9-15,24-25H2,(H3,26,27)(H,28,32)(H,29,35)(H,30,33)(H,31,34);2-4H2,1H3,(H3,6,7);2-5H2,1H3;2*1-2H3. The lowest BCUT2D eigenvalue weighted by Crippen LogP contribution is -2.49. The molecule has 0 aliphatic carbocycles. The first-order valence-corrected chi connectivity index (χ1v) is 18.4. The summed E-state index contributed by atoms with van der Waals surface area (Å²) in [6.07, 6.45) is 7.87. The van der Waals surface area contributed by atoms with Gasteiger partial charge in [0.2, 0.25) is 23.6 Å². The van der Waals surface area contributed by atoms with Crippen LogP contribution in [0.1, 0.15) is 117 Å². The number of nitrogens with one attached hydrogen (secondary N) is 6. The smallest absolute Gasteiger partial charge is 0.242 e. The van der Waals surface area contributed by atoms with Gasteiger partial charge in [0.1, 0.15) is 11.9 Å². The van der Waals surface area contributed by atoms with E-state index in [4.69, 9.17) is 39.5 Å². The largest absolute Gasteiger partial charge is 0.388 e. The second kappa shape index (κ2) is 40.4. The number of nitrogen functional groups attached to an aromatic ring is 1. The van der Waals surface area contributed by atoms with Crippen LogP contribution >= 0.6 is 0 Å². The van der Waals surface area contributed by atoms with Gasteiger partial charge in [-0.1, -0.05) is 78.6 Å². The summed E-state index contributed by atoms with van der Waals surface area (Å²) in [5.74, 6) is -1.04. The van der Waals surface area contributed by atoms with Gasteiger partial charge < -0.3 is 49.9 Å². The zero-order valence-corrected chi connectivity index (χ0v) is 32.4. The monoisotopic (exact) mass is 724 g/mol. The van der Waals surface area contributed by atoms with Gasteiger partial charge in [-0.3, -0.25) is 30.0 Å². The molecule has 0 saturated carbocycles. The normalized spacial score (nSPS) is 9.98. The molecule has 1 atom stereocenters. The summed E-state index contributed by atoms with van der Waals surface area (Å²) >= 11 is 0. The van der Waals surface area contributed by atoms with E-state index in [0.29, 0.717) is 62.3 Å². The fourth-order valence-corrected chi connectivity index (χ4v) is 3.67. The van der Waals surface area contributed by atoms with E-state index >= 15 is 0 Å². The second-order valence-corrected chi connectivity index (χ2v) is 10.8. The van der Waals surface area contributed by atoms with Crippen LogP contribution in [0.3, 0.4) is 0 Å². The average Bonchev–Trinajstić information content (AvgIpc) is 3.12. The van der Waals surface area contributed by atoms with Gasteiger partial charge in [-0.05, 0) is 57.2 Å². The van der Waals surface area contributed by atoms with Crippen molar-refractivity contribution < 1.29 is 19.2 Å². The number of carbonyl (C=O) groups excluding carboxylic acids is 4. The minimum absolute atomic E-state index is 0.0596. The van der Waals surface area contributed by atoms with Crippen LogP contribution in [-0.2, 0) is 25.6 Å². The molecule has 0 saturated heterocycles. The number of amidine groups is 2. The maximum Gasteiger partial charge on any atom is 0.242 e. The number of rotatable bonds is 22. The summed E-state index contributed by atoms with van der Waals surface area (Å²) < 4.78 is 0. The molecule has 0 bridgehead atoms. The van der Waals surface area contributed by atoms with Crippen molar-refractivity contribution in [2.45, 2.75) is 118 Å². The highest BCUT2D eigenvalue weighted by atomic mass is 16.2. The Morgan fingerprint density at radius 2 is 1.24 bits per heavy atom. The molecule has 1 aromatic rings. The van der Waals surface area contributed by atoms with Gasteiger partial charge in [0.15, 0.2) is 0 Å². The van der Waals surface area contributed by atoms with Crippen molar-refractivity contribution in [3.8, 4) is 0 Å². The highest BCUT2D eigenvalue weighted by molar-refractivity contribution is 5.95. The van der Waals surface area contributed by atoms with Crippen molar-refractivity contribution in [2.75, 3.05) is 39.3 Å². The Balaban J connectivity index is -0.000000576. The summed E-state index contributed by atoms with van der Waals surface area (Å²) in [7, 11) is 0. The molecule has 1 unspecified atom stereocenters. The van der Waals surface area contributed by atoms with Gasteiger partial charge in [-0.25, -0.2) is 0 Å². The van der Waals surface area contributed by atoms with Crippen molar-refractivity contribution in [1.29, 1.82) is 10.8 Å². The van der Waals surface area contributed by atoms with E-state index in [1.807, 2.05) is 27.7 Å². The highest BCUT2D eigenvalue weighted by Crippen LogP contribution is 2.05. The summed E-state index contributed by atoms with van der Waals surface area (Å²) in [5.41, 5.74) is 27.7. The van der Waals surface area contributed by atoms with Gasteiger partial charge in [0, 0.05) is 38.0 Å². The first-order chi connectivity index (χ1) is 24.4. The lowest BCUT2D eigenvalue weighted by atomic mass is 10.1. The van der Waals surface area contributed by atoms with Crippen LogP contribution in [0.15, 0.2) is 24.3 Å². The van der Waals surface area contributed by atoms with Crippen molar-refractivity contribution in [2.24, 2.45) is 28.7 Å². The van der Waals surface area contributed by atoms with Gasteiger partial charge in [-0.15, -0.1) is 0 Å². The molecular formula is C36H73N11O4. The zero-order chi connectivity index (χ0) is 39.9. The predicted molar refractivity (Wildman–Crippen MR) is 211 cm³/mol. The first-order valence-electron chi connectivity index (χ1n) is 18.4. The van der Waals surface area contributed by atoms with E-state index in [1.165, 1.54) is 12.8 Å². The van der Waals surface area contributed by atoms with Crippen molar-refractivity contribution in [3.05, 3.63) is 35.4 Å². The molecule has 0 aliphatic heterocycles. The van der Waals surface area contributed by atoms with Crippen LogP contribution < -0.4 is 49.9 Å². The average molecular weight is 724 g/mol. The molecule has 16 N–H and O–H groups in total. The van der Waals surface area contributed by atoms with E-state index in [0.717, 1.165) is 25.8 Å². The number of amides is 4. The van der Waals surface area contributed by atoms with Gasteiger partial charge in [-0.2, -0.15) is 0 Å². The summed E-state index contributed by atoms with van der Waals surface area (Å²) in [4.78, 5) is 48.5. The topological polar surface area (TPSA) is 294 Å². The molecule has 0 heterocycles. The molecule has 0 aromatic heterocycles. The number of hydrogen-bond acceptors (Lipinski definition) is 9. The van der Waals surface area contributed by atoms with Crippen LogP contribution in [0.4, 0.5) is 0 Å². The van der Waals surface area contributed by atoms with Crippen LogP contribution in [0.25, 0.3) is 0 Å². The summed E-state index contributed by atoms with van der Waals surface area (Å²) in [6.45, 7) is 14.4. The Bertz CT molecular complexity index is 1040. The fourth-order valence-electron chi connectivity index (χ4n) is 3.67. The molecular weight excluding hydrogens is 650 g/mol. The SMILES string of the molecule is CC.CC.CCCCC(=N)N.CCCCN.N=C(N)c1ccc(CC(=O)NCC(=O)NC(CCCCNC(=O)CCN)C(=O)NCCCN)cc1. The predicted octanol–water partition coefficient (Wildman–Crippen LogP) is 2.12. The first kappa shape index (κ1) is 53.7. The van der Waals surface area contributed by atoms with Crippen molar-refractivity contribution in [1.82, 2.24) is 21.3 Å². The molecule has 0 fully saturated rings. The molecule has 1 aromatic carbocycles. The van der Waals surface area contributed by atoms with Gasteiger partial charge >= 0.3 is 0 Å². The summed E-state index contributed by atoms with van der Waals surface area (Å²) in [6, 6.07) is 5.91.